The Balaban J connectivity index is 2.00. The Morgan fingerprint density at radius 2 is 2.28 bits per heavy atom. The van der Waals surface area contributed by atoms with Gasteiger partial charge in [-0.3, -0.25) is 0 Å². The van der Waals surface area contributed by atoms with Crippen LogP contribution in [0.4, 0.5) is 4.39 Å². The Morgan fingerprint density at radius 3 is 3.00 bits per heavy atom. The first-order valence-corrected chi connectivity index (χ1v) is 8.19. The van der Waals surface area contributed by atoms with E-state index >= 15 is 0 Å². The van der Waals surface area contributed by atoms with Gasteiger partial charge in [0.25, 0.3) is 0 Å². The second-order valence-corrected chi connectivity index (χ2v) is 7.49. The number of thioether (sulfide) groups is 1. The fourth-order valence-corrected chi connectivity index (χ4v) is 4.21. The maximum atomic E-state index is 13.2. The number of benzene rings is 1. The van der Waals surface area contributed by atoms with E-state index in [-0.39, 0.29) is 5.82 Å². The van der Waals surface area contributed by atoms with E-state index in [1.807, 2.05) is 11.8 Å². The molecule has 1 aliphatic heterocycles. The van der Waals surface area contributed by atoms with Crippen LogP contribution in [-0.2, 0) is 6.54 Å². The minimum atomic E-state index is -0.174. The zero-order chi connectivity index (χ0) is 13.2. The average molecular weight is 332 g/mol. The molecule has 1 heterocycles. The first kappa shape index (κ1) is 14.4. The molecule has 1 aliphatic rings. The van der Waals surface area contributed by atoms with Crippen molar-refractivity contribution in [3.63, 3.8) is 0 Å². The Labute approximate surface area is 121 Å². The first-order valence-electron chi connectivity index (χ1n) is 6.24. The molecular weight excluding hydrogens is 313 g/mol. The number of nitrogens with one attached hydrogen (secondary N) is 1. The first-order chi connectivity index (χ1) is 8.49. The topological polar surface area (TPSA) is 12.0 Å². The highest BCUT2D eigenvalue weighted by molar-refractivity contribution is 9.10. The molecule has 0 aliphatic carbocycles. The van der Waals surface area contributed by atoms with Gasteiger partial charge in [-0.25, -0.2) is 4.39 Å². The van der Waals surface area contributed by atoms with Gasteiger partial charge in [0.2, 0.25) is 0 Å². The summed E-state index contributed by atoms with van der Waals surface area (Å²) < 4.78 is 14.2. The van der Waals surface area contributed by atoms with E-state index in [1.54, 1.807) is 12.1 Å². The molecule has 0 aromatic heterocycles. The van der Waals surface area contributed by atoms with E-state index < -0.39 is 0 Å². The van der Waals surface area contributed by atoms with Gasteiger partial charge in [-0.1, -0.05) is 29.8 Å². The molecule has 1 fully saturated rings. The molecule has 1 nitrogen and oxygen atoms in total. The third-order valence-corrected chi connectivity index (χ3v) is 5.50. The van der Waals surface area contributed by atoms with Crippen molar-refractivity contribution in [2.75, 3.05) is 11.5 Å². The fraction of sp³-hybridized carbons (Fsp3) is 0.571. The van der Waals surface area contributed by atoms with Gasteiger partial charge in [-0.15, -0.1) is 0 Å². The lowest BCUT2D eigenvalue weighted by atomic mass is 9.82. The van der Waals surface area contributed by atoms with Crippen LogP contribution in [0, 0.1) is 11.2 Å². The second-order valence-electron chi connectivity index (χ2n) is 5.48. The summed E-state index contributed by atoms with van der Waals surface area (Å²) in [6.45, 7) is 5.34. The van der Waals surface area contributed by atoms with Gasteiger partial charge in [0.05, 0.1) is 0 Å². The molecule has 1 N–H and O–H groups in total. The predicted octanol–water partition coefficient (Wildman–Crippen LogP) is 4.21. The standard InChI is InChI=1S/C14H19BrFNS/c1-14(2)5-6-18-9-13(14)17-8-10-7-11(16)3-4-12(10)15/h3-4,7,13,17H,5-6,8-9H2,1-2H3. The quantitative estimate of drug-likeness (QED) is 0.890. The lowest BCUT2D eigenvalue weighted by Crippen LogP contribution is -2.46. The fourth-order valence-electron chi connectivity index (χ4n) is 2.18. The summed E-state index contributed by atoms with van der Waals surface area (Å²) in [6.07, 6.45) is 1.24. The number of hydrogen-bond donors (Lipinski definition) is 1. The molecule has 4 heteroatoms. The Bertz CT molecular complexity index is 422. The number of rotatable bonds is 3. The van der Waals surface area contributed by atoms with E-state index in [0.29, 0.717) is 18.0 Å². The third-order valence-electron chi connectivity index (χ3n) is 3.67. The largest absolute Gasteiger partial charge is 0.309 e. The zero-order valence-corrected chi connectivity index (χ0v) is 13.2. The van der Waals surface area contributed by atoms with Crippen LogP contribution >= 0.6 is 27.7 Å². The van der Waals surface area contributed by atoms with Crippen LogP contribution in [0.25, 0.3) is 0 Å². The highest BCUT2D eigenvalue weighted by Crippen LogP contribution is 2.34. The predicted molar refractivity (Wildman–Crippen MR) is 80.5 cm³/mol. The number of hydrogen-bond acceptors (Lipinski definition) is 2. The van der Waals surface area contributed by atoms with Crippen molar-refractivity contribution in [2.24, 2.45) is 5.41 Å². The van der Waals surface area contributed by atoms with Crippen molar-refractivity contribution < 1.29 is 4.39 Å². The van der Waals surface area contributed by atoms with Gasteiger partial charge >= 0.3 is 0 Å². The van der Waals surface area contributed by atoms with Gasteiger partial charge in [-0.05, 0) is 41.4 Å². The maximum absolute atomic E-state index is 13.2. The SMILES string of the molecule is CC1(C)CCSCC1NCc1cc(F)ccc1Br. The molecular formula is C14H19BrFNS. The smallest absolute Gasteiger partial charge is 0.123 e. The van der Waals surface area contributed by atoms with Crippen molar-refractivity contribution in [3.05, 3.63) is 34.1 Å². The second kappa shape index (κ2) is 5.93. The molecule has 0 amide bonds. The lowest BCUT2D eigenvalue weighted by molar-refractivity contribution is 0.244. The third kappa shape index (κ3) is 3.49. The van der Waals surface area contributed by atoms with Crippen LogP contribution < -0.4 is 5.32 Å². The molecule has 0 radical (unpaired) electrons. The molecule has 0 spiro atoms. The summed E-state index contributed by atoms with van der Waals surface area (Å²) in [4.78, 5) is 0. The van der Waals surface area contributed by atoms with Crippen molar-refractivity contribution in [1.82, 2.24) is 5.32 Å². The summed E-state index contributed by atoms with van der Waals surface area (Å²) in [5, 5.41) is 3.58. The van der Waals surface area contributed by atoms with Gasteiger partial charge in [0.15, 0.2) is 0 Å². The highest BCUT2D eigenvalue weighted by atomic mass is 79.9. The van der Waals surface area contributed by atoms with Crippen molar-refractivity contribution in [1.29, 1.82) is 0 Å². The van der Waals surface area contributed by atoms with Crippen LogP contribution in [0.5, 0.6) is 0 Å². The Hall–Kier alpha value is -0.0600. The molecule has 1 aromatic rings. The molecule has 1 aromatic carbocycles. The summed E-state index contributed by atoms with van der Waals surface area (Å²) in [5.41, 5.74) is 1.31. The Kier molecular flexibility index (Phi) is 4.73. The molecule has 1 unspecified atom stereocenters. The van der Waals surface area contributed by atoms with E-state index in [0.717, 1.165) is 15.8 Å². The van der Waals surface area contributed by atoms with Crippen LogP contribution in [0.3, 0.4) is 0 Å². The minimum absolute atomic E-state index is 0.174. The number of halogens is 2. The van der Waals surface area contributed by atoms with Gasteiger partial charge in [-0.2, -0.15) is 11.8 Å². The van der Waals surface area contributed by atoms with E-state index in [4.69, 9.17) is 0 Å². The van der Waals surface area contributed by atoms with Crippen molar-refractivity contribution >= 4 is 27.7 Å². The highest BCUT2D eigenvalue weighted by Gasteiger charge is 2.32. The summed E-state index contributed by atoms with van der Waals surface area (Å²) in [6, 6.07) is 5.34. The Morgan fingerprint density at radius 1 is 1.50 bits per heavy atom. The van der Waals surface area contributed by atoms with Gasteiger partial charge in [0, 0.05) is 22.8 Å². The van der Waals surface area contributed by atoms with E-state index in [2.05, 4.69) is 35.1 Å². The average Bonchev–Trinajstić information content (AvgIpc) is 2.31. The van der Waals surface area contributed by atoms with E-state index in [1.165, 1.54) is 18.2 Å². The minimum Gasteiger partial charge on any atom is -0.309 e. The summed E-state index contributed by atoms with van der Waals surface area (Å²) in [7, 11) is 0. The molecule has 2 rings (SSSR count). The van der Waals surface area contributed by atoms with Crippen LogP contribution in [0.1, 0.15) is 25.8 Å². The van der Waals surface area contributed by atoms with Crippen LogP contribution in [-0.4, -0.2) is 17.5 Å². The maximum Gasteiger partial charge on any atom is 0.123 e. The molecule has 0 saturated carbocycles. The molecule has 100 valence electrons. The van der Waals surface area contributed by atoms with Crippen molar-refractivity contribution in [3.8, 4) is 0 Å². The van der Waals surface area contributed by atoms with Crippen LogP contribution in [0.15, 0.2) is 22.7 Å². The van der Waals surface area contributed by atoms with Crippen molar-refractivity contribution in [2.45, 2.75) is 32.9 Å². The molecule has 1 atom stereocenters. The molecule has 0 bridgehead atoms. The zero-order valence-electron chi connectivity index (χ0n) is 10.8. The lowest BCUT2D eigenvalue weighted by Gasteiger charge is -2.39. The van der Waals surface area contributed by atoms with Gasteiger partial charge in [0.1, 0.15) is 5.82 Å². The summed E-state index contributed by atoms with van der Waals surface area (Å²) in [5.74, 6) is 2.21. The van der Waals surface area contributed by atoms with Crippen LogP contribution in [0.2, 0.25) is 0 Å². The molecule has 18 heavy (non-hydrogen) atoms. The molecule has 1 saturated heterocycles. The normalized spacial score (nSPS) is 23.0. The monoisotopic (exact) mass is 331 g/mol. The van der Waals surface area contributed by atoms with Gasteiger partial charge < -0.3 is 5.32 Å². The van der Waals surface area contributed by atoms with E-state index in [9.17, 15) is 4.39 Å². The summed E-state index contributed by atoms with van der Waals surface area (Å²) >= 11 is 5.47.